The Bertz CT molecular complexity index is 636. The monoisotopic (exact) mass is 275 g/mol. The summed E-state index contributed by atoms with van der Waals surface area (Å²) in [4.78, 5) is 14.8. The maximum Gasteiger partial charge on any atom is 0.292 e. The number of nitrogens with two attached hydrogens (primary N) is 1. The molecular formula is C13H17N5O2. The van der Waals surface area contributed by atoms with Gasteiger partial charge >= 0.3 is 0 Å². The van der Waals surface area contributed by atoms with Gasteiger partial charge in [0.1, 0.15) is 11.5 Å². The van der Waals surface area contributed by atoms with Crippen LogP contribution in [0.3, 0.4) is 0 Å². The van der Waals surface area contributed by atoms with E-state index in [4.69, 9.17) is 5.73 Å². The zero-order valence-electron chi connectivity index (χ0n) is 11.5. The van der Waals surface area contributed by atoms with Crippen molar-refractivity contribution >= 4 is 11.4 Å². The molecule has 0 bridgehead atoms. The number of nitrogen functional groups attached to an aromatic ring is 1. The summed E-state index contributed by atoms with van der Waals surface area (Å²) in [6.07, 6.45) is 1.53. The second-order valence-electron chi connectivity index (χ2n) is 4.46. The molecule has 0 amide bonds. The van der Waals surface area contributed by atoms with Crippen LogP contribution in [-0.4, -0.2) is 19.7 Å². The average molecular weight is 275 g/mol. The molecule has 7 nitrogen and oxygen atoms in total. The van der Waals surface area contributed by atoms with E-state index in [0.29, 0.717) is 6.54 Å². The molecule has 0 aliphatic carbocycles. The SMILES string of the molecule is CCc1nc(CC)n(Cc2ccc(N)c([N+](=O)[O-])c2)n1. The van der Waals surface area contributed by atoms with Crippen LogP contribution in [0.25, 0.3) is 0 Å². The van der Waals surface area contributed by atoms with Crippen LogP contribution in [0.2, 0.25) is 0 Å². The van der Waals surface area contributed by atoms with Gasteiger partial charge in [0, 0.05) is 18.9 Å². The number of hydrogen-bond donors (Lipinski definition) is 1. The molecule has 2 rings (SSSR count). The predicted octanol–water partition coefficient (Wildman–Crippen LogP) is 1.94. The van der Waals surface area contributed by atoms with E-state index in [-0.39, 0.29) is 11.4 Å². The van der Waals surface area contributed by atoms with Crippen LogP contribution < -0.4 is 5.73 Å². The largest absolute Gasteiger partial charge is 0.393 e. The Balaban J connectivity index is 2.32. The Morgan fingerprint density at radius 3 is 2.70 bits per heavy atom. The van der Waals surface area contributed by atoms with Gasteiger partial charge in [-0.25, -0.2) is 9.67 Å². The summed E-state index contributed by atoms with van der Waals surface area (Å²) in [5, 5.41) is 15.3. The van der Waals surface area contributed by atoms with Gasteiger partial charge in [0.2, 0.25) is 0 Å². The van der Waals surface area contributed by atoms with Gasteiger partial charge < -0.3 is 5.73 Å². The fraction of sp³-hybridized carbons (Fsp3) is 0.385. The minimum absolute atomic E-state index is 0.0728. The van der Waals surface area contributed by atoms with Gasteiger partial charge in [0.05, 0.1) is 11.5 Å². The maximum absolute atomic E-state index is 10.9. The van der Waals surface area contributed by atoms with Crippen LogP contribution in [0.4, 0.5) is 11.4 Å². The van der Waals surface area contributed by atoms with Crippen molar-refractivity contribution in [3.63, 3.8) is 0 Å². The molecule has 0 aliphatic rings. The summed E-state index contributed by atoms with van der Waals surface area (Å²) in [5.41, 5.74) is 6.47. The number of nitrogens with zero attached hydrogens (tertiary/aromatic N) is 4. The van der Waals surface area contributed by atoms with E-state index in [0.717, 1.165) is 30.1 Å². The molecule has 0 atom stereocenters. The minimum Gasteiger partial charge on any atom is -0.393 e. The topological polar surface area (TPSA) is 99.9 Å². The fourth-order valence-electron chi connectivity index (χ4n) is 1.98. The zero-order valence-corrected chi connectivity index (χ0v) is 11.5. The number of benzene rings is 1. The van der Waals surface area contributed by atoms with Crippen LogP contribution in [0.5, 0.6) is 0 Å². The molecule has 106 valence electrons. The third kappa shape index (κ3) is 2.76. The lowest BCUT2D eigenvalue weighted by Gasteiger charge is -2.05. The molecule has 1 heterocycles. The van der Waals surface area contributed by atoms with Gasteiger partial charge in [-0.05, 0) is 11.6 Å². The number of hydrogen-bond acceptors (Lipinski definition) is 5. The highest BCUT2D eigenvalue weighted by atomic mass is 16.6. The third-order valence-corrected chi connectivity index (χ3v) is 3.05. The van der Waals surface area contributed by atoms with E-state index >= 15 is 0 Å². The summed E-state index contributed by atoms with van der Waals surface area (Å²) in [7, 11) is 0. The molecule has 1 aromatic carbocycles. The molecular weight excluding hydrogens is 258 g/mol. The zero-order chi connectivity index (χ0) is 14.7. The third-order valence-electron chi connectivity index (χ3n) is 3.05. The Morgan fingerprint density at radius 1 is 1.35 bits per heavy atom. The van der Waals surface area contributed by atoms with Crippen LogP contribution in [0.1, 0.15) is 31.1 Å². The van der Waals surface area contributed by atoms with Crippen molar-refractivity contribution in [1.29, 1.82) is 0 Å². The van der Waals surface area contributed by atoms with Crippen molar-refractivity contribution in [3.8, 4) is 0 Å². The highest BCUT2D eigenvalue weighted by Gasteiger charge is 2.13. The van der Waals surface area contributed by atoms with Gasteiger partial charge in [-0.15, -0.1) is 0 Å². The second-order valence-corrected chi connectivity index (χ2v) is 4.46. The second kappa shape index (κ2) is 5.68. The average Bonchev–Trinajstić information content (AvgIpc) is 2.83. The number of nitro groups is 1. The van der Waals surface area contributed by atoms with Crippen molar-refractivity contribution in [3.05, 3.63) is 45.5 Å². The summed E-state index contributed by atoms with van der Waals surface area (Å²) in [5.74, 6) is 1.66. The Kier molecular flexibility index (Phi) is 3.97. The maximum atomic E-state index is 10.9. The standard InChI is InChI=1S/C13H17N5O2/c1-3-12-15-13(4-2)17(16-12)8-9-5-6-10(14)11(7-9)18(19)20/h5-7H,3-4,8,14H2,1-2H3. The van der Waals surface area contributed by atoms with Crippen molar-refractivity contribution in [2.45, 2.75) is 33.2 Å². The molecule has 20 heavy (non-hydrogen) atoms. The Labute approximate surface area is 116 Å². The van der Waals surface area contributed by atoms with Gasteiger partial charge in [-0.3, -0.25) is 10.1 Å². The van der Waals surface area contributed by atoms with E-state index in [1.807, 2.05) is 13.8 Å². The summed E-state index contributed by atoms with van der Waals surface area (Å²) < 4.78 is 1.79. The highest BCUT2D eigenvalue weighted by molar-refractivity contribution is 5.59. The van der Waals surface area contributed by atoms with E-state index in [9.17, 15) is 10.1 Å². The lowest BCUT2D eigenvalue weighted by Crippen LogP contribution is -2.07. The molecule has 0 saturated heterocycles. The number of nitro benzene ring substituents is 1. The molecule has 0 saturated carbocycles. The van der Waals surface area contributed by atoms with Crippen LogP contribution in [0, 0.1) is 10.1 Å². The normalized spacial score (nSPS) is 10.7. The van der Waals surface area contributed by atoms with E-state index in [1.54, 1.807) is 16.8 Å². The minimum atomic E-state index is -0.474. The van der Waals surface area contributed by atoms with Crippen LogP contribution >= 0.6 is 0 Å². The van der Waals surface area contributed by atoms with Crippen LogP contribution in [0.15, 0.2) is 18.2 Å². The molecule has 1 aromatic heterocycles. The fourth-order valence-corrected chi connectivity index (χ4v) is 1.98. The van der Waals surface area contributed by atoms with E-state index < -0.39 is 4.92 Å². The Morgan fingerprint density at radius 2 is 2.10 bits per heavy atom. The first-order valence-corrected chi connectivity index (χ1v) is 6.50. The van der Waals surface area contributed by atoms with Crippen molar-refractivity contribution in [2.75, 3.05) is 5.73 Å². The molecule has 0 radical (unpaired) electrons. The number of anilines is 1. The highest BCUT2D eigenvalue weighted by Crippen LogP contribution is 2.22. The molecule has 0 fully saturated rings. The summed E-state index contributed by atoms with van der Waals surface area (Å²) in [6, 6.07) is 4.81. The quantitative estimate of drug-likeness (QED) is 0.510. The lowest BCUT2D eigenvalue weighted by atomic mass is 10.1. The molecule has 2 N–H and O–H groups in total. The Hall–Kier alpha value is -2.44. The first-order chi connectivity index (χ1) is 9.55. The summed E-state index contributed by atoms with van der Waals surface area (Å²) in [6.45, 7) is 4.45. The van der Waals surface area contributed by atoms with Gasteiger partial charge in [-0.2, -0.15) is 5.10 Å². The molecule has 0 aliphatic heterocycles. The van der Waals surface area contributed by atoms with Crippen LogP contribution in [-0.2, 0) is 19.4 Å². The summed E-state index contributed by atoms with van der Waals surface area (Å²) >= 11 is 0. The van der Waals surface area contributed by atoms with Gasteiger partial charge in [0.25, 0.3) is 5.69 Å². The smallest absolute Gasteiger partial charge is 0.292 e. The predicted molar refractivity (Wildman–Crippen MR) is 75.4 cm³/mol. The van der Waals surface area contributed by atoms with Gasteiger partial charge in [-0.1, -0.05) is 19.9 Å². The molecule has 0 spiro atoms. The van der Waals surface area contributed by atoms with Crippen molar-refractivity contribution < 1.29 is 4.92 Å². The number of aromatic nitrogens is 3. The van der Waals surface area contributed by atoms with E-state index in [2.05, 4.69) is 10.1 Å². The first kappa shape index (κ1) is 14.0. The molecule has 2 aromatic rings. The molecule has 0 unspecified atom stereocenters. The van der Waals surface area contributed by atoms with Gasteiger partial charge in [0.15, 0.2) is 5.82 Å². The lowest BCUT2D eigenvalue weighted by molar-refractivity contribution is -0.384. The first-order valence-electron chi connectivity index (χ1n) is 6.50. The number of aryl methyl sites for hydroxylation is 2. The van der Waals surface area contributed by atoms with Crippen molar-refractivity contribution in [1.82, 2.24) is 14.8 Å². The van der Waals surface area contributed by atoms with E-state index in [1.165, 1.54) is 6.07 Å². The molecule has 7 heteroatoms. The van der Waals surface area contributed by atoms with Crippen molar-refractivity contribution in [2.24, 2.45) is 0 Å². The number of rotatable bonds is 5.